The van der Waals surface area contributed by atoms with Gasteiger partial charge in [0, 0.05) is 12.5 Å². The smallest absolute Gasteiger partial charge is 0.226 e. The lowest BCUT2D eigenvalue weighted by Crippen LogP contribution is -2.30. The number of hydrogen-bond acceptors (Lipinski definition) is 1. The number of hydrogen-bond donors (Lipinski definition) is 0. The largest absolute Gasteiger partial charge is 0.336 e. The third kappa shape index (κ3) is 3.47. The first-order valence-electron chi connectivity index (χ1n) is 8.56. The first kappa shape index (κ1) is 15.8. The summed E-state index contributed by atoms with van der Waals surface area (Å²) >= 11 is 0. The molecule has 0 N–H and O–H groups in total. The molecule has 2 atom stereocenters. The first-order chi connectivity index (χ1) is 11.2. The Bertz CT molecular complexity index is 665. The van der Waals surface area contributed by atoms with E-state index in [0.717, 1.165) is 25.8 Å². The third-order valence-electron chi connectivity index (χ3n) is 5.12. The summed E-state index contributed by atoms with van der Waals surface area (Å²) in [7, 11) is 0. The minimum absolute atomic E-state index is 0.173. The molecule has 2 nitrogen and oxygen atoms in total. The average Bonchev–Trinajstić information content (AvgIpc) is 2.95. The normalized spacial score (nSPS) is 19.1. The van der Waals surface area contributed by atoms with Crippen LogP contribution in [-0.4, -0.2) is 17.4 Å². The highest BCUT2D eigenvalue weighted by Crippen LogP contribution is 2.31. The maximum absolute atomic E-state index is 12.8. The molecule has 0 saturated carbocycles. The summed E-state index contributed by atoms with van der Waals surface area (Å²) in [5, 5.41) is 0. The molecule has 0 spiro atoms. The number of rotatable bonds is 5. The van der Waals surface area contributed by atoms with Crippen LogP contribution < -0.4 is 0 Å². The Morgan fingerprint density at radius 1 is 1.09 bits per heavy atom. The summed E-state index contributed by atoms with van der Waals surface area (Å²) in [4.78, 5) is 14.8. The molecule has 0 aromatic heterocycles. The topological polar surface area (TPSA) is 20.3 Å². The molecule has 1 aliphatic rings. The van der Waals surface area contributed by atoms with E-state index in [0.29, 0.717) is 5.91 Å². The van der Waals surface area contributed by atoms with Crippen molar-refractivity contribution in [3.63, 3.8) is 0 Å². The Morgan fingerprint density at radius 2 is 1.78 bits per heavy atom. The Kier molecular flexibility index (Phi) is 4.80. The van der Waals surface area contributed by atoms with Crippen LogP contribution in [0, 0.1) is 12.8 Å². The molecule has 3 rings (SSSR count). The van der Waals surface area contributed by atoms with Crippen molar-refractivity contribution in [1.82, 2.24) is 4.90 Å². The van der Waals surface area contributed by atoms with Crippen LogP contribution in [0.15, 0.2) is 54.6 Å². The van der Waals surface area contributed by atoms with Crippen molar-refractivity contribution < 1.29 is 4.79 Å². The molecule has 1 aliphatic heterocycles. The summed E-state index contributed by atoms with van der Waals surface area (Å²) in [6, 6.07) is 19.0. The van der Waals surface area contributed by atoms with Crippen molar-refractivity contribution in [2.75, 3.05) is 6.54 Å². The number of aryl methyl sites for hydroxylation is 2. The van der Waals surface area contributed by atoms with E-state index in [-0.39, 0.29) is 12.0 Å². The average molecular weight is 307 g/mol. The number of carbonyl (C=O) groups is 1. The zero-order valence-corrected chi connectivity index (χ0v) is 14.0. The minimum atomic E-state index is 0.173. The zero-order valence-electron chi connectivity index (χ0n) is 14.0. The van der Waals surface area contributed by atoms with Crippen LogP contribution in [0.2, 0.25) is 0 Å². The van der Waals surface area contributed by atoms with Crippen LogP contribution in [0.1, 0.15) is 42.5 Å². The molecule has 2 heteroatoms. The van der Waals surface area contributed by atoms with Gasteiger partial charge < -0.3 is 4.90 Å². The Hall–Kier alpha value is -2.09. The van der Waals surface area contributed by atoms with Crippen LogP contribution >= 0.6 is 0 Å². The molecule has 2 aromatic rings. The van der Waals surface area contributed by atoms with Gasteiger partial charge in [0.25, 0.3) is 0 Å². The fourth-order valence-electron chi connectivity index (χ4n) is 3.55. The van der Waals surface area contributed by atoms with Crippen LogP contribution in [-0.2, 0) is 11.2 Å². The quantitative estimate of drug-likeness (QED) is 0.794. The first-order valence-corrected chi connectivity index (χ1v) is 8.56. The minimum Gasteiger partial charge on any atom is -0.336 e. The SMILES string of the molecule is Cc1ccccc1CC[C@@H]1CCN([C@@H](C)c2ccccc2)C1=O. The second-order valence-electron chi connectivity index (χ2n) is 6.57. The summed E-state index contributed by atoms with van der Waals surface area (Å²) in [5.74, 6) is 0.510. The number of carbonyl (C=O) groups excluding carboxylic acids is 1. The predicted octanol–water partition coefficient (Wildman–Crippen LogP) is 4.54. The fraction of sp³-hybridized carbons (Fsp3) is 0.381. The van der Waals surface area contributed by atoms with Gasteiger partial charge >= 0.3 is 0 Å². The molecule has 120 valence electrons. The van der Waals surface area contributed by atoms with Crippen molar-refractivity contribution in [1.29, 1.82) is 0 Å². The summed E-state index contributed by atoms with van der Waals surface area (Å²) in [5.41, 5.74) is 3.92. The van der Waals surface area contributed by atoms with Gasteiger partial charge in [-0.1, -0.05) is 54.6 Å². The van der Waals surface area contributed by atoms with E-state index >= 15 is 0 Å². The van der Waals surface area contributed by atoms with E-state index in [1.165, 1.54) is 16.7 Å². The van der Waals surface area contributed by atoms with E-state index in [1.807, 2.05) is 18.2 Å². The van der Waals surface area contributed by atoms with Crippen molar-refractivity contribution in [3.8, 4) is 0 Å². The maximum atomic E-state index is 12.8. The van der Waals surface area contributed by atoms with E-state index in [1.54, 1.807) is 0 Å². The van der Waals surface area contributed by atoms with E-state index in [4.69, 9.17) is 0 Å². The van der Waals surface area contributed by atoms with Gasteiger partial charge in [-0.15, -0.1) is 0 Å². The fourth-order valence-corrected chi connectivity index (χ4v) is 3.55. The highest BCUT2D eigenvalue weighted by Gasteiger charge is 2.34. The van der Waals surface area contributed by atoms with Crippen LogP contribution in [0.5, 0.6) is 0 Å². The third-order valence-corrected chi connectivity index (χ3v) is 5.12. The number of likely N-dealkylation sites (tertiary alicyclic amines) is 1. The summed E-state index contributed by atoms with van der Waals surface area (Å²) < 4.78 is 0. The summed E-state index contributed by atoms with van der Waals surface area (Å²) in [6.45, 7) is 5.17. The lowest BCUT2D eigenvalue weighted by molar-refractivity contribution is -0.132. The second-order valence-corrected chi connectivity index (χ2v) is 6.57. The van der Waals surface area contributed by atoms with E-state index < -0.39 is 0 Å². The Morgan fingerprint density at radius 3 is 2.52 bits per heavy atom. The van der Waals surface area contributed by atoms with E-state index in [9.17, 15) is 4.79 Å². The molecule has 0 unspecified atom stereocenters. The monoisotopic (exact) mass is 307 g/mol. The van der Waals surface area contributed by atoms with Crippen LogP contribution in [0.25, 0.3) is 0 Å². The molecule has 0 aliphatic carbocycles. The molecular formula is C21H25NO. The van der Waals surface area contributed by atoms with Crippen molar-refractivity contribution >= 4 is 5.91 Å². The maximum Gasteiger partial charge on any atom is 0.226 e. The van der Waals surface area contributed by atoms with E-state index in [2.05, 4.69) is 55.1 Å². The van der Waals surface area contributed by atoms with Gasteiger partial charge in [0.05, 0.1) is 6.04 Å². The predicted molar refractivity (Wildman–Crippen MR) is 94.2 cm³/mol. The van der Waals surface area contributed by atoms with Crippen molar-refractivity contribution in [2.45, 2.75) is 39.2 Å². The molecule has 0 radical (unpaired) electrons. The Balaban J connectivity index is 1.62. The van der Waals surface area contributed by atoms with Gasteiger partial charge in [-0.05, 0) is 49.8 Å². The lowest BCUT2D eigenvalue weighted by atomic mass is 9.96. The van der Waals surface area contributed by atoms with Gasteiger partial charge in [0.15, 0.2) is 0 Å². The van der Waals surface area contributed by atoms with Gasteiger partial charge in [0.2, 0.25) is 5.91 Å². The molecule has 23 heavy (non-hydrogen) atoms. The molecular weight excluding hydrogens is 282 g/mol. The lowest BCUT2D eigenvalue weighted by Gasteiger charge is -2.25. The molecule has 1 fully saturated rings. The van der Waals surface area contributed by atoms with Crippen molar-refractivity contribution in [2.24, 2.45) is 5.92 Å². The van der Waals surface area contributed by atoms with Gasteiger partial charge in [-0.2, -0.15) is 0 Å². The Labute approximate surface area is 139 Å². The summed E-state index contributed by atoms with van der Waals surface area (Å²) in [6.07, 6.45) is 2.94. The number of nitrogens with zero attached hydrogens (tertiary/aromatic N) is 1. The highest BCUT2D eigenvalue weighted by atomic mass is 16.2. The standard InChI is InChI=1S/C21H25NO/c1-16-8-6-7-9-18(16)12-13-20-14-15-22(21(20)23)17(2)19-10-4-3-5-11-19/h3-11,17,20H,12-15H2,1-2H3/t17-,20+/m0/s1. The number of benzene rings is 2. The van der Waals surface area contributed by atoms with Gasteiger partial charge in [-0.25, -0.2) is 0 Å². The molecule has 1 heterocycles. The molecule has 1 saturated heterocycles. The van der Waals surface area contributed by atoms with Crippen LogP contribution in [0.3, 0.4) is 0 Å². The van der Waals surface area contributed by atoms with Gasteiger partial charge in [-0.3, -0.25) is 4.79 Å². The molecule has 1 amide bonds. The zero-order chi connectivity index (χ0) is 16.2. The van der Waals surface area contributed by atoms with Gasteiger partial charge in [0.1, 0.15) is 0 Å². The van der Waals surface area contributed by atoms with Crippen molar-refractivity contribution in [3.05, 3.63) is 71.3 Å². The molecule has 0 bridgehead atoms. The molecule has 2 aromatic carbocycles. The highest BCUT2D eigenvalue weighted by molar-refractivity contribution is 5.81. The number of amides is 1. The second kappa shape index (κ2) is 6.99. The van der Waals surface area contributed by atoms with Crippen LogP contribution in [0.4, 0.5) is 0 Å².